The Labute approximate surface area is 111 Å². The number of aromatic nitrogens is 2. The number of alkyl halides is 1. The van der Waals surface area contributed by atoms with Crippen LogP contribution in [-0.2, 0) is 19.9 Å². The van der Waals surface area contributed by atoms with Crippen molar-refractivity contribution in [2.24, 2.45) is 7.05 Å². The molecule has 92 valence electrons. The first kappa shape index (κ1) is 14.0. The molecule has 0 aliphatic heterocycles. The molecule has 2 nitrogen and oxygen atoms in total. The van der Waals surface area contributed by atoms with Crippen LogP contribution in [0.25, 0.3) is 0 Å². The lowest BCUT2D eigenvalue weighted by molar-refractivity contribution is 0.632. The summed E-state index contributed by atoms with van der Waals surface area (Å²) in [6.07, 6.45) is 5.28. The molecule has 1 aromatic rings. The van der Waals surface area contributed by atoms with E-state index in [1.165, 1.54) is 10.2 Å². The van der Waals surface area contributed by atoms with Crippen molar-refractivity contribution >= 4 is 27.5 Å². The maximum atomic E-state index is 6.11. The number of halogens is 2. The van der Waals surface area contributed by atoms with Gasteiger partial charge in [0.05, 0.1) is 15.9 Å². The molecular formula is C12H20BrClN2. The summed E-state index contributed by atoms with van der Waals surface area (Å²) in [5.74, 6) is 0. The van der Waals surface area contributed by atoms with Gasteiger partial charge in [-0.1, -0.05) is 13.8 Å². The summed E-state index contributed by atoms with van der Waals surface area (Å²) in [7, 11) is 2.01. The van der Waals surface area contributed by atoms with Crippen LogP contribution >= 0.6 is 27.5 Å². The molecule has 0 aliphatic rings. The molecule has 0 radical (unpaired) electrons. The molecule has 4 heteroatoms. The Morgan fingerprint density at radius 1 is 1.44 bits per heavy atom. The predicted molar refractivity (Wildman–Crippen MR) is 73.2 cm³/mol. The molecule has 0 spiro atoms. The molecule has 1 rings (SSSR count). The largest absolute Gasteiger partial charge is 0.271 e. The Kier molecular flexibility index (Phi) is 5.84. The van der Waals surface area contributed by atoms with Crippen LogP contribution in [0.1, 0.15) is 44.5 Å². The maximum Gasteiger partial charge on any atom is 0.0766 e. The van der Waals surface area contributed by atoms with Crippen molar-refractivity contribution in [1.29, 1.82) is 0 Å². The SMILES string of the molecule is CCc1nn(C)c(CCCC(Cl)CC)c1Br. The summed E-state index contributed by atoms with van der Waals surface area (Å²) in [6.45, 7) is 4.26. The van der Waals surface area contributed by atoms with Gasteiger partial charge in [-0.3, -0.25) is 4.68 Å². The van der Waals surface area contributed by atoms with Crippen LogP contribution in [0.15, 0.2) is 4.47 Å². The van der Waals surface area contributed by atoms with Crippen molar-refractivity contribution in [3.05, 3.63) is 15.9 Å². The minimum absolute atomic E-state index is 0.317. The van der Waals surface area contributed by atoms with E-state index in [0.29, 0.717) is 5.38 Å². The first-order valence-corrected chi connectivity index (χ1v) is 7.17. The van der Waals surface area contributed by atoms with Gasteiger partial charge in [0.1, 0.15) is 0 Å². The molecule has 0 fully saturated rings. The minimum atomic E-state index is 0.317. The lowest BCUT2D eigenvalue weighted by Gasteiger charge is -2.06. The fourth-order valence-corrected chi connectivity index (χ4v) is 2.76. The highest BCUT2D eigenvalue weighted by atomic mass is 79.9. The van der Waals surface area contributed by atoms with Crippen LogP contribution in [0.5, 0.6) is 0 Å². The first-order valence-electron chi connectivity index (χ1n) is 5.94. The third kappa shape index (κ3) is 3.49. The zero-order valence-electron chi connectivity index (χ0n) is 10.3. The van der Waals surface area contributed by atoms with E-state index in [1.54, 1.807) is 0 Å². The average Bonchev–Trinajstić information content (AvgIpc) is 2.55. The number of hydrogen-bond donors (Lipinski definition) is 0. The molecule has 0 aromatic carbocycles. The lowest BCUT2D eigenvalue weighted by Crippen LogP contribution is -2.02. The summed E-state index contributed by atoms with van der Waals surface area (Å²) < 4.78 is 3.16. The molecule has 0 amide bonds. The Hall–Kier alpha value is -0.0200. The van der Waals surface area contributed by atoms with Gasteiger partial charge >= 0.3 is 0 Å². The second kappa shape index (κ2) is 6.65. The third-order valence-corrected chi connectivity index (χ3v) is 4.32. The van der Waals surface area contributed by atoms with Crippen molar-refractivity contribution in [1.82, 2.24) is 9.78 Å². The van der Waals surface area contributed by atoms with Crippen molar-refractivity contribution in [2.75, 3.05) is 0 Å². The van der Waals surface area contributed by atoms with E-state index in [0.717, 1.165) is 37.8 Å². The summed E-state index contributed by atoms with van der Waals surface area (Å²) in [4.78, 5) is 0. The molecular weight excluding hydrogens is 288 g/mol. The molecule has 1 atom stereocenters. The van der Waals surface area contributed by atoms with Crippen molar-refractivity contribution in [3.8, 4) is 0 Å². The fourth-order valence-electron chi connectivity index (χ4n) is 1.79. The van der Waals surface area contributed by atoms with Crippen LogP contribution in [-0.4, -0.2) is 15.2 Å². The van der Waals surface area contributed by atoms with E-state index in [1.807, 2.05) is 11.7 Å². The molecule has 1 heterocycles. The summed E-state index contributed by atoms with van der Waals surface area (Å²) in [5, 5.41) is 4.80. The van der Waals surface area contributed by atoms with Crippen molar-refractivity contribution in [2.45, 2.75) is 51.3 Å². The topological polar surface area (TPSA) is 17.8 Å². The normalized spacial score (nSPS) is 13.1. The minimum Gasteiger partial charge on any atom is -0.271 e. The Balaban J connectivity index is 2.56. The summed E-state index contributed by atoms with van der Waals surface area (Å²) >= 11 is 9.74. The van der Waals surface area contributed by atoms with E-state index in [9.17, 15) is 0 Å². The fraction of sp³-hybridized carbons (Fsp3) is 0.750. The molecule has 0 bridgehead atoms. The van der Waals surface area contributed by atoms with Crippen LogP contribution in [0.4, 0.5) is 0 Å². The van der Waals surface area contributed by atoms with Crippen molar-refractivity contribution < 1.29 is 0 Å². The van der Waals surface area contributed by atoms with E-state index in [4.69, 9.17) is 11.6 Å². The van der Waals surface area contributed by atoms with Gasteiger partial charge in [0.15, 0.2) is 0 Å². The van der Waals surface area contributed by atoms with Crippen LogP contribution in [0, 0.1) is 0 Å². The zero-order valence-corrected chi connectivity index (χ0v) is 12.6. The molecule has 0 aliphatic carbocycles. The van der Waals surface area contributed by atoms with Gasteiger partial charge in [-0.05, 0) is 48.0 Å². The van der Waals surface area contributed by atoms with Crippen LogP contribution < -0.4 is 0 Å². The van der Waals surface area contributed by atoms with E-state index >= 15 is 0 Å². The van der Waals surface area contributed by atoms with E-state index in [-0.39, 0.29) is 0 Å². The summed E-state index contributed by atoms with van der Waals surface area (Å²) in [5.41, 5.74) is 2.44. The second-order valence-electron chi connectivity index (χ2n) is 4.08. The quantitative estimate of drug-likeness (QED) is 0.724. The highest BCUT2D eigenvalue weighted by Crippen LogP contribution is 2.23. The number of aryl methyl sites for hydroxylation is 2. The zero-order chi connectivity index (χ0) is 12.1. The van der Waals surface area contributed by atoms with E-state index in [2.05, 4.69) is 34.9 Å². The molecule has 16 heavy (non-hydrogen) atoms. The smallest absolute Gasteiger partial charge is 0.0766 e. The Morgan fingerprint density at radius 2 is 2.12 bits per heavy atom. The third-order valence-electron chi connectivity index (χ3n) is 2.88. The van der Waals surface area contributed by atoms with Gasteiger partial charge in [-0.25, -0.2) is 0 Å². The number of hydrogen-bond acceptors (Lipinski definition) is 1. The predicted octanol–water partition coefficient (Wildman–Crippen LogP) is 4.09. The highest BCUT2D eigenvalue weighted by Gasteiger charge is 2.12. The van der Waals surface area contributed by atoms with Gasteiger partial charge in [-0.2, -0.15) is 5.10 Å². The van der Waals surface area contributed by atoms with Crippen molar-refractivity contribution in [3.63, 3.8) is 0 Å². The van der Waals surface area contributed by atoms with Gasteiger partial charge in [0.2, 0.25) is 0 Å². The standard InChI is InChI=1S/C12H20BrClN2/c1-4-9(14)7-6-8-11-12(13)10(5-2)15-16(11)3/h9H,4-8H2,1-3H3. The van der Waals surface area contributed by atoms with Gasteiger partial charge in [0.25, 0.3) is 0 Å². The molecule has 0 N–H and O–H groups in total. The monoisotopic (exact) mass is 306 g/mol. The first-order chi connectivity index (χ1) is 7.60. The molecule has 1 unspecified atom stereocenters. The van der Waals surface area contributed by atoms with Gasteiger partial charge < -0.3 is 0 Å². The average molecular weight is 308 g/mol. The van der Waals surface area contributed by atoms with Crippen LogP contribution in [0.2, 0.25) is 0 Å². The molecule has 1 aromatic heterocycles. The molecule has 0 saturated heterocycles. The Morgan fingerprint density at radius 3 is 2.62 bits per heavy atom. The summed E-state index contributed by atoms with van der Waals surface area (Å²) in [6, 6.07) is 0. The molecule has 0 saturated carbocycles. The van der Waals surface area contributed by atoms with Gasteiger partial charge in [-0.15, -0.1) is 11.6 Å². The number of nitrogens with zero attached hydrogens (tertiary/aromatic N) is 2. The maximum absolute atomic E-state index is 6.11. The highest BCUT2D eigenvalue weighted by molar-refractivity contribution is 9.10. The van der Waals surface area contributed by atoms with E-state index < -0.39 is 0 Å². The Bertz CT molecular complexity index is 336. The lowest BCUT2D eigenvalue weighted by atomic mass is 10.1. The van der Waals surface area contributed by atoms with Gasteiger partial charge in [0, 0.05) is 12.4 Å². The van der Waals surface area contributed by atoms with Crippen LogP contribution in [0.3, 0.4) is 0 Å². The number of rotatable bonds is 6. The second-order valence-corrected chi connectivity index (χ2v) is 5.49.